The summed E-state index contributed by atoms with van der Waals surface area (Å²) in [6.45, 7) is 0. The van der Waals surface area contributed by atoms with E-state index < -0.39 is 7.51 Å². The van der Waals surface area contributed by atoms with Crippen LogP contribution in [-0.4, -0.2) is 144 Å². The Kier molecular flexibility index (Phi) is 10.4. The molecule has 188 valence electrons. The van der Waals surface area contributed by atoms with Gasteiger partial charge in [0.2, 0.25) is 11.9 Å². The van der Waals surface area contributed by atoms with Crippen LogP contribution in [0, 0.1) is 0 Å². The molecule has 0 unspecified atom stereocenters. The Bertz CT molecular complexity index is 802. The molecule has 10 nitrogen and oxygen atoms in total. The Hall–Kier alpha value is -2.13. The Morgan fingerprint density at radius 2 is 0.848 bits per heavy atom. The highest BCUT2D eigenvalue weighted by Crippen LogP contribution is 2.59. The first-order valence-electron chi connectivity index (χ1n) is 10.8. The summed E-state index contributed by atoms with van der Waals surface area (Å²) in [6.07, 6.45) is 0. The van der Waals surface area contributed by atoms with Crippen LogP contribution < -0.4 is 0 Å². The third-order valence-electron chi connectivity index (χ3n) is 4.88. The molecule has 0 heterocycles. The molecule has 0 aromatic heterocycles. The highest BCUT2D eigenvalue weighted by atomic mass is 31.2. The molecule has 0 saturated carbocycles. The van der Waals surface area contributed by atoms with Gasteiger partial charge in [0, 0.05) is 56.4 Å². The van der Waals surface area contributed by atoms with E-state index in [0.717, 1.165) is 29.0 Å². The average molecular weight is 481 g/mol. The lowest BCUT2D eigenvalue weighted by Gasteiger charge is -2.41. The van der Waals surface area contributed by atoms with Gasteiger partial charge in [-0.3, -0.25) is 14.0 Å². The van der Waals surface area contributed by atoms with Crippen LogP contribution >= 0.6 is 7.51 Å². The zero-order valence-corrected chi connectivity index (χ0v) is 24.0. The molecule has 0 N–H and O–H groups in total. The largest absolute Gasteiger partial charge is 0.349 e. The fraction of sp³-hybridized carbons (Fsp3) is 0.636. The third kappa shape index (κ3) is 6.69. The summed E-state index contributed by atoms with van der Waals surface area (Å²) in [4.78, 5) is 18.0. The van der Waals surface area contributed by atoms with Crippen LogP contribution in [0.2, 0.25) is 0 Å². The average Bonchev–Trinajstić information content (AvgIpc) is 2.67. The van der Waals surface area contributed by atoms with E-state index in [1.807, 2.05) is 94.2 Å². The van der Waals surface area contributed by atoms with Crippen molar-refractivity contribution in [1.29, 1.82) is 0 Å². The number of hydrogen-bond donors (Lipinski definition) is 0. The van der Waals surface area contributed by atoms with E-state index in [9.17, 15) is 0 Å². The van der Waals surface area contributed by atoms with E-state index in [4.69, 9.17) is 14.7 Å². The summed E-state index contributed by atoms with van der Waals surface area (Å²) in [5.74, 6) is 1.66. The number of aliphatic imine (C=N–C) groups is 2. The van der Waals surface area contributed by atoms with E-state index in [2.05, 4.69) is 56.3 Å². The molecule has 33 heavy (non-hydrogen) atoms. The smallest absolute Gasteiger partial charge is 0.200 e. The Morgan fingerprint density at radius 3 is 1.09 bits per heavy atom. The maximum Gasteiger partial charge on any atom is 0.200 e. The lowest BCUT2D eigenvalue weighted by molar-refractivity contribution is 0.474. The van der Waals surface area contributed by atoms with Crippen molar-refractivity contribution >= 4 is 36.5 Å². The molecule has 11 heteroatoms. The molecular formula is C22H45N10P. The van der Waals surface area contributed by atoms with Crippen molar-refractivity contribution in [2.24, 2.45) is 14.7 Å². The minimum atomic E-state index is -2.24. The summed E-state index contributed by atoms with van der Waals surface area (Å²) in [5, 5.41) is 0. The van der Waals surface area contributed by atoms with Gasteiger partial charge in [-0.05, 0) is 54.4 Å². The Morgan fingerprint density at radius 1 is 0.545 bits per heavy atom. The van der Waals surface area contributed by atoms with Gasteiger partial charge >= 0.3 is 0 Å². The molecule has 1 rings (SSSR count). The van der Waals surface area contributed by atoms with Gasteiger partial charge in [-0.2, -0.15) is 0 Å². The number of rotatable bonds is 6. The zero-order valence-electron chi connectivity index (χ0n) is 23.2. The molecule has 0 aliphatic rings. The lowest BCUT2D eigenvalue weighted by atomic mass is 10.2. The summed E-state index contributed by atoms with van der Waals surface area (Å²) in [7, 11) is 26.1. The van der Waals surface area contributed by atoms with Crippen LogP contribution in [0.1, 0.15) is 0 Å². The van der Waals surface area contributed by atoms with Crippen molar-refractivity contribution in [3.63, 3.8) is 0 Å². The quantitative estimate of drug-likeness (QED) is 0.352. The summed E-state index contributed by atoms with van der Waals surface area (Å²) >= 11 is 0. The number of benzene rings is 1. The zero-order chi connectivity index (χ0) is 25.7. The van der Waals surface area contributed by atoms with E-state index in [1.54, 1.807) is 0 Å². The fourth-order valence-electron chi connectivity index (χ4n) is 3.69. The van der Waals surface area contributed by atoms with Gasteiger partial charge in [-0.1, -0.05) is 6.07 Å². The first kappa shape index (κ1) is 28.9. The molecule has 0 aliphatic heterocycles. The molecule has 0 spiro atoms. The minimum Gasteiger partial charge on any atom is -0.349 e. The minimum absolute atomic E-state index is 0.768. The molecule has 1 aromatic carbocycles. The van der Waals surface area contributed by atoms with Crippen LogP contribution in [0.3, 0.4) is 0 Å². The van der Waals surface area contributed by atoms with Crippen molar-refractivity contribution in [3.05, 3.63) is 18.2 Å². The van der Waals surface area contributed by atoms with E-state index in [1.165, 1.54) is 0 Å². The number of hydrogen-bond acceptors (Lipinski definition) is 3. The third-order valence-corrected chi connectivity index (χ3v) is 8.57. The van der Waals surface area contributed by atoms with Gasteiger partial charge in [0.05, 0.1) is 11.4 Å². The lowest BCUT2D eigenvalue weighted by Crippen LogP contribution is -2.35. The van der Waals surface area contributed by atoms with Crippen molar-refractivity contribution in [2.45, 2.75) is 0 Å². The number of nitrogens with zero attached hydrogens (tertiary/aromatic N) is 10. The van der Waals surface area contributed by atoms with Gasteiger partial charge in [0.1, 0.15) is 5.69 Å². The highest BCUT2D eigenvalue weighted by Gasteiger charge is 2.30. The van der Waals surface area contributed by atoms with Crippen LogP contribution in [-0.2, 0) is 0 Å². The SMILES string of the molecule is CN(C)C(=Nc1cccc(N=C(N(C)C)N(C)C)c1N=P(N(C)C)(N(C)C)N(C)C)N(C)C. The topological polar surface area (TPSA) is 59.8 Å². The Balaban J connectivity index is 4.20. The summed E-state index contributed by atoms with van der Waals surface area (Å²) < 4.78 is 12.0. The van der Waals surface area contributed by atoms with Crippen molar-refractivity contribution in [1.82, 2.24) is 33.6 Å². The Labute approximate surface area is 202 Å². The molecule has 1 aromatic rings. The first-order valence-corrected chi connectivity index (χ1v) is 12.4. The van der Waals surface area contributed by atoms with Crippen LogP contribution in [0.15, 0.2) is 32.9 Å². The van der Waals surface area contributed by atoms with E-state index in [0.29, 0.717) is 0 Å². The first-order chi connectivity index (χ1) is 15.2. The van der Waals surface area contributed by atoms with E-state index >= 15 is 0 Å². The molecule has 0 fully saturated rings. The maximum atomic E-state index is 5.43. The molecule has 0 amide bonds. The van der Waals surface area contributed by atoms with Crippen LogP contribution in [0.5, 0.6) is 0 Å². The van der Waals surface area contributed by atoms with E-state index in [-0.39, 0.29) is 0 Å². The highest BCUT2D eigenvalue weighted by molar-refractivity contribution is 7.59. The van der Waals surface area contributed by atoms with Gasteiger partial charge in [0.15, 0.2) is 7.51 Å². The second-order valence-corrected chi connectivity index (χ2v) is 12.9. The standard InChI is InChI=1S/C22H45N10P/c1-26(2)21(27(3)4)23-18-16-15-17-19(24-22(28(5)6)29(7)8)20(18)25-33(30(9)10,31(11)12)32(13)14/h15-17H,1-14H3. The van der Waals surface area contributed by atoms with Gasteiger partial charge in [0.25, 0.3) is 0 Å². The molecule has 0 bridgehead atoms. The molecule has 0 radical (unpaired) electrons. The van der Waals surface area contributed by atoms with Gasteiger partial charge in [-0.25, -0.2) is 14.7 Å². The maximum absolute atomic E-state index is 5.43. The fourth-order valence-corrected chi connectivity index (χ4v) is 6.85. The predicted molar refractivity (Wildman–Crippen MR) is 145 cm³/mol. The molecule has 0 saturated heterocycles. The van der Waals surface area contributed by atoms with Crippen LogP contribution in [0.25, 0.3) is 0 Å². The normalized spacial score (nSPS) is 11.5. The molecular weight excluding hydrogens is 435 g/mol. The number of guanidine groups is 2. The second kappa shape index (κ2) is 11.8. The predicted octanol–water partition coefficient (Wildman–Crippen LogP) is 3.17. The summed E-state index contributed by atoms with van der Waals surface area (Å²) in [5.41, 5.74) is 2.32. The van der Waals surface area contributed by atoms with Gasteiger partial charge < -0.3 is 19.6 Å². The van der Waals surface area contributed by atoms with Crippen molar-refractivity contribution in [3.8, 4) is 0 Å². The molecule has 0 aliphatic carbocycles. The second-order valence-electron chi connectivity index (χ2n) is 9.22. The monoisotopic (exact) mass is 480 g/mol. The van der Waals surface area contributed by atoms with Crippen LogP contribution in [0.4, 0.5) is 17.1 Å². The molecule has 0 atom stereocenters. The van der Waals surface area contributed by atoms with Crippen molar-refractivity contribution in [2.75, 3.05) is 98.7 Å². The summed E-state index contributed by atoms with van der Waals surface area (Å²) in [6, 6.07) is 6.00. The van der Waals surface area contributed by atoms with Gasteiger partial charge in [-0.15, -0.1) is 0 Å². The van der Waals surface area contributed by atoms with Crippen molar-refractivity contribution < 1.29 is 0 Å².